The van der Waals surface area contributed by atoms with Crippen LogP contribution in [0.2, 0.25) is 0 Å². The first kappa shape index (κ1) is 16.9. The Bertz CT molecular complexity index is 705. The number of oxazole rings is 1. The van der Waals surface area contributed by atoms with E-state index < -0.39 is 0 Å². The van der Waals surface area contributed by atoms with Gasteiger partial charge in [-0.3, -0.25) is 4.79 Å². The molecule has 1 fully saturated rings. The minimum absolute atomic E-state index is 0.0943. The van der Waals surface area contributed by atoms with Gasteiger partial charge in [-0.25, -0.2) is 4.98 Å². The number of hydrogen-bond donors (Lipinski definition) is 2. The molecule has 24 heavy (non-hydrogen) atoms. The molecule has 6 heteroatoms. The first-order valence-electron chi connectivity index (χ1n) is 8.48. The zero-order valence-corrected chi connectivity index (χ0v) is 14.4. The Kier molecular flexibility index (Phi) is 5.16. The number of nitrogens with one attached hydrogen (secondary N) is 2. The summed E-state index contributed by atoms with van der Waals surface area (Å²) < 4.78 is 10.9. The molecular formula is C18H25N3O3. The van der Waals surface area contributed by atoms with Crippen molar-refractivity contribution < 1.29 is 13.9 Å². The van der Waals surface area contributed by atoms with Gasteiger partial charge in [0.2, 0.25) is 5.91 Å². The van der Waals surface area contributed by atoms with Crippen LogP contribution in [0, 0.1) is 12.3 Å². The van der Waals surface area contributed by atoms with Crippen molar-refractivity contribution in [1.29, 1.82) is 0 Å². The van der Waals surface area contributed by atoms with Gasteiger partial charge in [0.05, 0.1) is 5.41 Å². The third kappa shape index (κ3) is 3.44. The predicted molar refractivity (Wildman–Crippen MR) is 91.9 cm³/mol. The predicted octanol–water partition coefficient (Wildman–Crippen LogP) is 1.81. The Balaban J connectivity index is 1.58. The molecule has 1 unspecified atom stereocenters. The molecule has 0 radical (unpaired) electrons. The Morgan fingerprint density at radius 1 is 1.50 bits per heavy atom. The minimum atomic E-state index is -0.353. The highest BCUT2D eigenvalue weighted by atomic mass is 16.5. The number of hydrogen-bond acceptors (Lipinski definition) is 5. The van der Waals surface area contributed by atoms with Crippen LogP contribution in [0.3, 0.4) is 0 Å². The normalized spacial score (nSPS) is 20.6. The maximum Gasteiger partial charge on any atom is 0.227 e. The van der Waals surface area contributed by atoms with Crippen LogP contribution in [0.4, 0.5) is 0 Å². The van der Waals surface area contributed by atoms with Crippen LogP contribution in [-0.2, 0) is 16.0 Å². The van der Waals surface area contributed by atoms with Crippen LogP contribution in [0.1, 0.15) is 24.3 Å². The Morgan fingerprint density at radius 3 is 3.08 bits per heavy atom. The van der Waals surface area contributed by atoms with Crippen LogP contribution in [0.25, 0.3) is 11.1 Å². The number of carbonyl (C=O) groups excluding carboxylic acids is 1. The van der Waals surface area contributed by atoms with Crippen molar-refractivity contribution in [3.05, 3.63) is 29.7 Å². The molecule has 0 spiro atoms. The molecule has 6 nitrogen and oxygen atoms in total. The highest BCUT2D eigenvalue weighted by Gasteiger charge is 2.40. The molecule has 1 aromatic heterocycles. The van der Waals surface area contributed by atoms with Crippen molar-refractivity contribution in [3.8, 4) is 0 Å². The standard InChI is InChI=1S/C18H25N3O3/c1-13-4-3-5-14-16(13)21-15(24-14)6-9-20-17(22)18(8-11-23-2)7-10-19-12-18/h3-5,19H,6-12H2,1-2H3,(H,20,22). The highest BCUT2D eigenvalue weighted by Crippen LogP contribution is 2.30. The van der Waals surface area contributed by atoms with Gasteiger partial charge in [0, 0.05) is 33.2 Å². The molecule has 1 amide bonds. The number of aryl methyl sites for hydroxylation is 1. The zero-order valence-electron chi connectivity index (χ0n) is 14.4. The van der Waals surface area contributed by atoms with E-state index >= 15 is 0 Å². The SMILES string of the molecule is COCCC1(C(=O)NCCc2nc3c(C)cccc3o2)CCNC1. The lowest BCUT2D eigenvalue weighted by molar-refractivity contribution is -0.131. The van der Waals surface area contributed by atoms with Crippen LogP contribution in [-0.4, -0.2) is 44.2 Å². The number of carbonyl (C=O) groups is 1. The molecule has 3 rings (SSSR count). The Hall–Kier alpha value is -1.92. The second kappa shape index (κ2) is 7.32. The quantitative estimate of drug-likeness (QED) is 0.809. The Morgan fingerprint density at radius 2 is 2.38 bits per heavy atom. The zero-order chi connectivity index (χ0) is 17.0. The maximum absolute atomic E-state index is 12.6. The molecular weight excluding hydrogens is 306 g/mol. The van der Waals surface area contributed by atoms with Gasteiger partial charge in [-0.15, -0.1) is 0 Å². The van der Waals surface area contributed by atoms with Crippen LogP contribution in [0.5, 0.6) is 0 Å². The molecule has 0 bridgehead atoms. The van der Waals surface area contributed by atoms with E-state index in [0.717, 1.165) is 36.0 Å². The summed E-state index contributed by atoms with van der Waals surface area (Å²) in [6, 6.07) is 5.89. The molecule has 1 atom stereocenters. The van der Waals surface area contributed by atoms with E-state index in [9.17, 15) is 4.79 Å². The van der Waals surface area contributed by atoms with E-state index in [1.807, 2.05) is 25.1 Å². The summed E-state index contributed by atoms with van der Waals surface area (Å²) in [5, 5.41) is 6.34. The number of ether oxygens (including phenoxy) is 1. The van der Waals surface area contributed by atoms with E-state index in [4.69, 9.17) is 9.15 Å². The average molecular weight is 331 g/mol. The summed E-state index contributed by atoms with van der Waals surface area (Å²) in [5.74, 6) is 0.756. The van der Waals surface area contributed by atoms with Crippen molar-refractivity contribution in [2.45, 2.75) is 26.2 Å². The number of rotatable bonds is 7. The van der Waals surface area contributed by atoms with Crippen LogP contribution >= 0.6 is 0 Å². The fraction of sp³-hybridized carbons (Fsp3) is 0.556. The lowest BCUT2D eigenvalue weighted by Gasteiger charge is -2.26. The number of fused-ring (bicyclic) bond motifs is 1. The lowest BCUT2D eigenvalue weighted by atomic mass is 9.83. The molecule has 2 heterocycles. The monoisotopic (exact) mass is 331 g/mol. The number of methoxy groups -OCH3 is 1. The highest BCUT2D eigenvalue weighted by molar-refractivity contribution is 5.83. The molecule has 1 aromatic carbocycles. The third-order valence-electron chi connectivity index (χ3n) is 4.80. The molecule has 1 aliphatic rings. The largest absolute Gasteiger partial charge is 0.441 e. The molecule has 0 saturated carbocycles. The fourth-order valence-corrected chi connectivity index (χ4v) is 3.27. The van der Waals surface area contributed by atoms with Gasteiger partial charge < -0.3 is 19.8 Å². The van der Waals surface area contributed by atoms with Gasteiger partial charge >= 0.3 is 0 Å². The summed E-state index contributed by atoms with van der Waals surface area (Å²) in [7, 11) is 1.67. The second-order valence-corrected chi connectivity index (χ2v) is 6.49. The number of nitrogens with zero attached hydrogens (tertiary/aromatic N) is 1. The van der Waals surface area contributed by atoms with Gasteiger partial charge in [-0.05, 0) is 37.9 Å². The molecule has 1 saturated heterocycles. The van der Waals surface area contributed by atoms with E-state index in [1.54, 1.807) is 7.11 Å². The van der Waals surface area contributed by atoms with E-state index in [1.165, 1.54) is 0 Å². The smallest absolute Gasteiger partial charge is 0.227 e. The Labute approximate surface area is 142 Å². The summed E-state index contributed by atoms with van der Waals surface area (Å²) in [6.45, 7) is 4.73. The van der Waals surface area contributed by atoms with E-state index in [2.05, 4.69) is 15.6 Å². The number of benzene rings is 1. The van der Waals surface area contributed by atoms with E-state index in [-0.39, 0.29) is 11.3 Å². The first-order valence-corrected chi connectivity index (χ1v) is 8.48. The van der Waals surface area contributed by atoms with Crippen molar-refractivity contribution in [3.63, 3.8) is 0 Å². The van der Waals surface area contributed by atoms with E-state index in [0.29, 0.717) is 32.0 Å². The lowest BCUT2D eigenvalue weighted by Crippen LogP contribution is -2.44. The van der Waals surface area contributed by atoms with Crippen molar-refractivity contribution in [2.24, 2.45) is 5.41 Å². The molecule has 2 N–H and O–H groups in total. The summed E-state index contributed by atoms with van der Waals surface area (Å²) in [5.41, 5.74) is 2.44. The van der Waals surface area contributed by atoms with Crippen molar-refractivity contribution >= 4 is 17.0 Å². The topological polar surface area (TPSA) is 76.4 Å². The number of aromatic nitrogens is 1. The molecule has 0 aliphatic carbocycles. The molecule has 1 aliphatic heterocycles. The van der Waals surface area contributed by atoms with Crippen molar-refractivity contribution in [2.75, 3.05) is 33.4 Å². The van der Waals surface area contributed by atoms with Gasteiger partial charge in [-0.1, -0.05) is 12.1 Å². The third-order valence-corrected chi connectivity index (χ3v) is 4.80. The van der Waals surface area contributed by atoms with Crippen LogP contribution in [0.15, 0.2) is 22.6 Å². The number of amides is 1. The summed E-state index contributed by atoms with van der Waals surface area (Å²) in [4.78, 5) is 17.2. The van der Waals surface area contributed by atoms with Gasteiger partial charge in [0.1, 0.15) is 5.52 Å². The minimum Gasteiger partial charge on any atom is -0.441 e. The van der Waals surface area contributed by atoms with Gasteiger partial charge in [0.25, 0.3) is 0 Å². The molecule has 2 aromatic rings. The summed E-state index contributed by atoms with van der Waals surface area (Å²) >= 11 is 0. The maximum atomic E-state index is 12.6. The second-order valence-electron chi connectivity index (χ2n) is 6.49. The average Bonchev–Trinajstić information content (AvgIpc) is 3.21. The van der Waals surface area contributed by atoms with Crippen molar-refractivity contribution in [1.82, 2.24) is 15.6 Å². The number of para-hydroxylation sites is 1. The molecule has 130 valence electrons. The first-order chi connectivity index (χ1) is 11.6. The fourth-order valence-electron chi connectivity index (χ4n) is 3.27. The summed E-state index contributed by atoms with van der Waals surface area (Å²) in [6.07, 6.45) is 2.18. The van der Waals surface area contributed by atoms with Crippen LogP contribution < -0.4 is 10.6 Å². The van der Waals surface area contributed by atoms with Gasteiger partial charge in [-0.2, -0.15) is 0 Å². The van der Waals surface area contributed by atoms with Gasteiger partial charge in [0.15, 0.2) is 11.5 Å².